The van der Waals surface area contributed by atoms with Gasteiger partial charge in [-0.3, -0.25) is 0 Å². The summed E-state index contributed by atoms with van der Waals surface area (Å²) in [6, 6.07) is 14.5. The first-order chi connectivity index (χ1) is 16.0. The Balaban J connectivity index is 1.41. The van der Waals surface area contributed by atoms with Crippen LogP contribution < -0.4 is 16.0 Å². The number of fused-ring (bicyclic) bond motifs is 1. The Morgan fingerprint density at radius 2 is 1.88 bits per heavy atom. The van der Waals surface area contributed by atoms with Gasteiger partial charge in [0.2, 0.25) is 5.95 Å². The number of benzene rings is 2. The highest BCUT2D eigenvalue weighted by molar-refractivity contribution is 5.85. The first-order valence-electron chi connectivity index (χ1n) is 10.9. The second-order valence-corrected chi connectivity index (χ2v) is 8.24. The van der Waals surface area contributed by atoms with Crippen LogP contribution in [0.5, 0.6) is 0 Å². The lowest BCUT2D eigenvalue weighted by atomic mass is 10.1. The van der Waals surface area contributed by atoms with Gasteiger partial charge in [-0.2, -0.15) is 4.98 Å². The first-order valence-corrected chi connectivity index (χ1v) is 10.9. The zero-order chi connectivity index (χ0) is 22.9. The summed E-state index contributed by atoms with van der Waals surface area (Å²) >= 11 is 0. The number of nitrogens with two attached hydrogens (primary N) is 1. The van der Waals surface area contributed by atoms with Gasteiger partial charge >= 0.3 is 0 Å². The predicted octanol–water partition coefficient (Wildman–Crippen LogP) is 3.00. The Kier molecular flexibility index (Phi) is 5.67. The lowest BCUT2D eigenvalue weighted by molar-refractivity contribution is 0.187. The van der Waals surface area contributed by atoms with Gasteiger partial charge < -0.3 is 30.5 Å². The van der Waals surface area contributed by atoms with Crippen molar-refractivity contribution < 1.29 is 9.50 Å². The summed E-state index contributed by atoms with van der Waals surface area (Å²) in [4.78, 5) is 13.2. The molecule has 9 heteroatoms. The molecule has 0 amide bonds. The summed E-state index contributed by atoms with van der Waals surface area (Å²) in [5, 5.41) is 13.9. The third-order valence-electron chi connectivity index (χ3n) is 6.00. The highest BCUT2D eigenvalue weighted by atomic mass is 19.1. The standard InChI is InChI=1S/C24H26FN7O/c1-30-10-12-31(13-11-30)21-7-6-16(14-19(21)25)28-24-27-9-8-22(29-24)32-15-18(23(26)33)17-4-2-3-5-20(17)32/h2-9,14-15,23,33H,10-13,26H2,1H3,(H,27,28,29). The molecule has 0 saturated carbocycles. The van der Waals surface area contributed by atoms with Crippen molar-refractivity contribution in [1.29, 1.82) is 0 Å². The van der Waals surface area contributed by atoms with Crippen LogP contribution in [0.1, 0.15) is 11.8 Å². The third-order valence-corrected chi connectivity index (χ3v) is 6.00. The van der Waals surface area contributed by atoms with Crippen LogP contribution in [-0.4, -0.2) is 57.8 Å². The maximum atomic E-state index is 14.9. The number of piperazine rings is 1. The van der Waals surface area contributed by atoms with E-state index in [9.17, 15) is 9.50 Å². The summed E-state index contributed by atoms with van der Waals surface area (Å²) in [7, 11) is 2.07. The van der Waals surface area contributed by atoms with Gasteiger partial charge in [-0.25, -0.2) is 9.37 Å². The van der Waals surface area contributed by atoms with E-state index in [1.54, 1.807) is 24.5 Å². The molecule has 0 aliphatic carbocycles. The fraction of sp³-hybridized carbons (Fsp3) is 0.250. The average Bonchev–Trinajstić information content (AvgIpc) is 3.20. The number of hydrogen-bond acceptors (Lipinski definition) is 7. The second-order valence-electron chi connectivity index (χ2n) is 8.24. The largest absolute Gasteiger partial charge is 0.374 e. The molecular weight excluding hydrogens is 421 g/mol. The third kappa shape index (κ3) is 4.25. The fourth-order valence-electron chi connectivity index (χ4n) is 4.19. The van der Waals surface area contributed by atoms with Gasteiger partial charge in [0, 0.05) is 55.2 Å². The van der Waals surface area contributed by atoms with Gasteiger partial charge in [0.05, 0.1) is 11.2 Å². The summed E-state index contributed by atoms with van der Waals surface area (Å²) in [5.41, 5.74) is 8.40. The number of anilines is 3. The van der Waals surface area contributed by atoms with Crippen LogP contribution in [-0.2, 0) is 0 Å². The zero-order valence-corrected chi connectivity index (χ0v) is 18.3. The molecule has 4 N–H and O–H groups in total. The Morgan fingerprint density at radius 3 is 2.64 bits per heavy atom. The monoisotopic (exact) mass is 447 g/mol. The minimum atomic E-state index is -1.10. The number of hydrogen-bond donors (Lipinski definition) is 3. The molecule has 2 aromatic heterocycles. The van der Waals surface area contributed by atoms with E-state index in [1.165, 1.54) is 6.07 Å². The van der Waals surface area contributed by atoms with Crippen LogP contribution in [0.15, 0.2) is 60.9 Å². The van der Waals surface area contributed by atoms with Gasteiger partial charge in [0.15, 0.2) is 0 Å². The molecule has 3 heterocycles. The minimum absolute atomic E-state index is 0.279. The predicted molar refractivity (Wildman–Crippen MR) is 127 cm³/mol. The molecule has 170 valence electrons. The highest BCUT2D eigenvalue weighted by Gasteiger charge is 2.18. The molecule has 8 nitrogen and oxygen atoms in total. The van der Waals surface area contributed by atoms with Crippen molar-refractivity contribution in [2.75, 3.05) is 43.4 Å². The molecule has 1 aliphatic heterocycles. The van der Waals surface area contributed by atoms with E-state index in [0.29, 0.717) is 28.7 Å². The van der Waals surface area contributed by atoms with Gasteiger partial charge in [-0.05, 0) is 37.4 Å². The Labute approximate surface area is 191 Å². The van der Waals surface area contributed by atoms with E-state index < -0.39 is 6.23 Å². The summed E-state index contributed by atoms with van der Waals surface area (Å²) < 4.78 is 16.7. The lowest BCUT2D eigenvalue weighted by Gasteiger charge is -2.34. The zero-order valence-electron chi connectivity index (χ0n) is 18.3. The molecule has 0 radical (unpaired) electrons. The molecule has 4 aromatic rings. The minimum Gasteiger partial charge on any atom is -0.374 e. The summed E-state index contributed by atoms with van der Waals surface area (Å²) in [6.45, 7) is 3.43. The van der Waals surface area contributed by atoms with E-state index >= 15 is 0 Å². The molecule has 0 bridgehead atoms. The smallest absolute Gasteiger partial charge is 0.229 e. The van der Waals surface area contributed by atoms with Crippen LogP contribution in [0.4, 0.5) is 21.7 Å². The van der Waals surface area contributed by atoms with E-state index in [0.717, 1.165) is 37.1 Å². The molecule has 0 spiro atoms. The molecule has 1 aliphatic rings. The van der Waals surface area contributed by atoms with Crippen molar-refractivity contribution in [2.45, 2.75) is 6.23 Å². The number of aliphatic hydroxyl groups is 1. The number of para-hydroxylation sites is 1. The van der Waals surface area contributed by atoms with Crippen molar-refractivity contribution in [2.24, 2.45) is 5.73 Å². The van der Waals surface area contributed by atoms with Gasteiger partial charge in [0.25, 0.3) is 0 Å². The summed E-state index contributed by atoms with van der Waals surface area (Å²) in [5.74, 6) is 0.663. The molecular formula is C24H26FN7O. The maximum Gasteiger partial charge on any atom is 0.229 e. The first kappa shape index (κ1) is 21.3. The molecule has 33 heavy (non-hydrogen) atoms. The van der Waals surface area contributed by atoms with E-state index in [1.807, 2.05) is 34.9 Å². The van der Waals surface area contributed by atoms with Crippen LogP contribution in [0.25, 0.3) is 16.7 Å². The Bertz CT molecular complexity index is 1280. The normalized spacial score (nSPS) is 15.7. The van der Waals surface area contributed by atoms with Crippen molar-refractivity contribution >= 4 is 28.2 Å². The fourth-order valence-corrected chi connectivity index (χ4v) is 4.19. The average molecular weight is 448 g/mol. The van der Waals surface area contributed by atoms with Gasteiger partial charge in [-0.1, -0.05) is 18.2 Å². The van der Waals surface area contributed by atoms with Gasteiger partial charge in [-0.15, -0.1) is 0 Å². The number of aliphatic hydroxyl groups excluding tert-OH is 1. The van der Waals surface area contributed by atoms with E-state index in [4.69, 9.17) is 5.73 Å². The molecule has 1 saturated heterocycles. The topological polar surface area (TPSA) is 95.5 Å². The van der Waals surface area contributed by atoms with Crippen LogP contribution in [0, 0.1) is 5.82 Å². The molecule has 2 aromatic carbocycles. The maximum absolute atomic E-state index is 14.9. The molecule has 1 fully saturated rings. The number of likely N-dealkylation sites (N-methyl/N-ethyl adjacent to an activating group) is 1. The number of nitrogens with zero attached hydrogens (tertiary/aromatic N) is 5. The van der Waals surface area contributed by atoms with Crippen molar-refractivity contribution in [3.8, 4) is 5.82 Å². The number of aromatic nitrogens is 3. The highest BCUT2D eigenvalue weighted by Crippen LogP contribution is 2.28. The van der Waals surface area contributed by atoms with E-state index in [2.05, 4.69) is 32.1 Å². The SMILES string of the molecule is CN1CCN(c2ccc(Nc3nccc(-n4cc(C(N)O)c5ccccc54)n3)cc2F)CC1. The van der Waals surface area contributed by atoms with E-state index in [-0.39, 0.29) is 5.82 Å². The second kappa shape index (κ2) is 8.78. The van der Waals surface area contributed by atoms with Crippen LogP contribution >= 0.6 is 0 Å². The van der Waals surface area contributed by atoms with Crippen molar-refractivity contribution in [3.63, 3.8) is 0 Å². The Morgan fingerprint density at radius 1 is 1.09 bits per heavy atom. The Hall–Kier alpha value is -3.53. The quantitative estimate of drug-likeness (QED) is 0.405. The molecule has 5 rings (SSSR count). The number of halogens is 1. The van der Waals surface area contributed by atoms with Gasteiger partial charge in [0.1, 0.15) is 17.9 Å². The van der Waals surface area contributed by atoms with Crippen molar-refractivity contribution in [1.82, 2.24) is 19.4 Å². The van der Waals surface area contributed by atoms with Crippen LogP contribution in [0.3, 0.4) is 0 Å². The summed E-state index contributed by atoms with van der Waals surface area (Å²) in [6.07, 6.45) is 2.30. The molecule has 1 atom stereocenters. The number of rotatable bonds is 5. The van der Waals surface area contributed by atoms with Crippen molar-refractivity contribution in [3.05, 3.63) is 72.3 Å². The molecule has 1 unspecified atom stereocenters. The lowest BCUT2D eigenvalue weighted by Crippen LogP contribution is -2.44. The number of nitrogens with one attached hydrogen (secondary N) is 1. The van der Waals surface area contributed by atoms with Crippen LogP contribution in [0.2, 0.25) is 0 Å².